The van der Waals surface area contributed by atoms with E-state index in [0.717, 1.165) is 0 Å². The van der Waals surface area contributed by atoms with Crippen molar-refractivity contribution in [3.05, 3.63) is 0 Å². The standard InChI is InChI=1S/C5HF7O2/c6-2(1(13)14)3(7,8)5(11,12)4(2,9)10/h(H,13,14). The van der Waals surface area contributed by atoms with Gasteiger partial charge in [-0.2, -0.15) is 26.3 Å². The number of rotatable bonds is 1. The number of alkyl halides is 7. The topological polar surface area (TPSA) is 37.3 Å². The Hall–Kier alpha value is -1.02. The predicted octanol–water partition coefficient (Wildman–Crippen LogP) is 1.70. The van der Waals surface area contributed by atoms with E-state index in [2.05, 4.69) is 0 Å². The fraction of sp³-hybridized carbons (Fsp3) is 0.800. The minimum Gasteiger partial charge on any atom is -0.479 e. The van der Waals surface area contributed by atoms with Gasteiger partial charge in [0.1, 0.15) is 0 Å². The van der Waals surface area contributed by atoms with Crippen molar-refractivity contribution in [1.29, 1.82) is 0 Å². The van der Waals surface area contributed by atoms with E-state index < -0.39 is 29.4 Å². The molecule has 0 aliphatic heterocycles. The van der Waals surface area contributed by atoms with Gasteiger partial charge in [-0.3, -0.25) is 0 Å². The summed E-state index contributed by atoms with van der Waals surface area (Å²) in [7, 11) is 0. The average molecular weight is 226 g/mol. The van der Waals surface area contributed by atoms with Gasteiger partial charge in [0.25, 0.3) is 0 Å². The Morgan fingerprint density at radius 2 is 1.07 bits per heavy atom. The highest BCUT2D eigenvalue weighted by molar-refractivity contribution is 5.84. The molecule has 1 fully saturated rings. The van der Waals surface area contributed by atoms with Gasteiger partial charge in [-0.15, -0.1) is 0 Å². The normalized spacial score (nSPS) is 30.5. The van der Waals surface area contributed by atoms with E-state index in [1.165, 1.54) is 0 Å². The van der Waals surface area contributed by atoms with Crippen LogP contribution < -0.4 is 0 Å². The smallest absolute Gasteiger partial charge is 0.380 e. The van der Waals surface area contributed by atoms with Gasteiger partial charge in [0.2, 0.25) is 0 Å². The Labute approximate surface area is 71.3 Å². The minimum atomic E-state index is -5.99. The van der Waals surface area contributed by atoms with Crippen LogP contribution in [0.5, 0.6) is 0 Å². The van der Waals surface area contributed by atoms with Crippen LogP contribution in [-0.4, -0.2) is 34.5 Å². The lowest BCUT2D eigenvalue weighted by molar-refractivity contribution is -0.461. The van der Waals surface area contributed by atoms with Crippen molar-refractivity contribution in [2.24, 2.45) is 0 Å². The van der Waals surface area contributed by atoms with E-state index in [-0.39, 0.29) is 0 Å². The molecule has 1 aliphatic rings. The molecule has 2 nitrogen and oxygen atoms in total. The van der Waals surface area contributed by atoms with Crippen LogP contribution in [0.25, 0.3) is 0 Å². The first-order chi connectivity index (χ1) is 5.94. The molecule has 0 bridgehead atoms. The predicted molar refractivity (Wildman–Crippen MR) is 26.3 cm³/mol. The first kappa shape index (κ1) is 11.1. The molecule has 0 aromatic rings. The van der Waals surface area contributed by atoms with Crippen molar-refractivity contribution in [3.8, 4) is 0 Å². The zero-order valence-corrected chi connectivity index (χ0v) is 6.00. The molecule has 0 spiro atoms. The van der Waals surface area contributed by atoms with Crippen LogP contribution in [0, 0.1) is 0 Å². The second kappa shape index (κ2) is 2.14. The molecule has 0 saturated heterocycles. The zero-order chi connectivity index (χ0) is 11.6. The van der Waals surface area contributed by atoms with Crippen LogP contribution >= 0.6 is 0 Å². The van der Waals surface area contributed by atoms with Gasteiger partial charge in [0.05, 0.1) is 0 Å². The van der Waals surface area contributed by atoms with Gasteiger partial charge in [-0.25, -0.2) is 9.18 Å². The summed E-state index contributed by atoms with van der Waals surface area (Å²) in [4.78, 5) is 9.75. The molecule has 9 heteroatoms. The lowest BCUT2D eigenvalue weighted by Crippen LogP contribution is -2.86. The number of carboxylic acids is 1. The number of halogens is 7. The summed E-state index contributed by atoms with van der Waals surface area (Å²) in [5, 5.41) is 7.73. The molecule has 0 heterocycles. The lowest BCUT2D eigenvalue weighted by Gasteiger charge is -2.51. The van der Waals surface area contributed by atoms with Crippen molar-refractivity contribution in [2.75, 3.05) is 0 Å². The molecular formula is C5HF7O2. The molecule has 1 rings (SSSR count). The van der Waals surface area contributed by atoms with Crippen molar-refractivity contribution < 1.29 is 40.6 Å². The zero-order valence-electron chi connectivity index (χ0n) is 6.00. The molecule has 0 aromatic carbocycles. The molecule has 1 aliphatic carbocycles. The van der Waals surface area contributed by atoms with E-state index in [0.29, 0.717) is 0 Å². The molecule has 1 saturated carbocycles. The molecule has 0 atom stereocenters. The van der Waals surface area contributed by atoms with Gasteiger partial charge in [0.15, 0.2) is 0 Å². The van der Waals surface area contributed by atoms with Gasteiger partial charge in [-0.1, -0.05) is 0 Å². The summed E-state index contributed by atoms with van der Waals surface area (Å²) >= 11 is 0. The SMILES string of the molecule is O=C(O)C1(F)C(F)(F)C(F)(F)C1(F)F. The third-order valence-electron chi connectivity index (χ3n) is 1.95. The molecule has 1 N–H and O–H groups in total. The maximum Gasteiger partial charge on any atom is 0.380 e. The van der Waals surface area contributed by atoms with Crippen LogP contribution in [0.1, 0.15) is 0 Å². The van der Waals surface area contributed by atoms with Crippen LogP contribution in [0.2, 0.25) is 0 Å². The number of aliphatic carboxylic acids is 1. The van der Waals surface area contributed by atoms with Crippen molar-refractivity contribution in [3.63, 3.8) is 0 Å². The first-order valence-corrected chi connectivity index (χ1v) is 3.00. The molecule has 0 radical (unpaired) electrons. The summed E-state index contributed by atoms with van der Waals surface area (Å²) in [6.45, 7) is 0. The van der Waals surface area contributed by atoms with E-state index >= 15 is 0 Å². The van der Waals surface area contributed by atoms with Crippen LogP contribution in [0.3, 0.4) is 0 Å². The minimum absolute atomic E-state index is 3.32. The Bertz CT molecular complexity index is 278. The van der Waals surface area contributed by atoms with Crippen LogP contribution in [0.15, 0.2) is 0 Å². The van der Waals surface area contributed by atoms with E-state index in [1.807, 2.05) is 0 Å². The number of hydrogen-bond donors (Lipinski definition) is 1. The first-order valence-electron chi connectivity index (χ1n) is 3.00. The molecule has 0 aromatic heterocycles. The van der Waals surface area contributed by atoms with Crippen molar-refractivity contribution in [2.45, 2.75) is 23.4 Å². The summed E-state index contributed by atoms with van der Waals surface area (Å²) < 4.78 is 84.9. The molecule has 82 valence electrons. The van der Waals surface area contributed by atoms with Crippen LogP contribution in [-0.2, 0) is 4.79 Å². The number of carbonyl (C=O) groups is 1. The Kier molecular flexibility index (Phi) is 1.69. The lowest BCUT2D eigenvalue weighted by atomic mass is 9.69. The average Bonchev–Trinajstić information content (AvgIpc) is 2.00. The summed E-state index contributed by atoms with van der Waals surface area (Å²) in [6.07, 6.45) is 0. The highest BCUT2D eigenvalue weighted by Gasteiger charge is 3.03. The third kappa shape index (κ3) is 0.651. The maximum absolute atomic E-state index is 12.5. The van der Waals surface area contributed by atoms with Gasteiger partial charge >= 0.3 is 29.4 Å². The molecule has 14 heavy (non-hydrogen) atoms. The number of carboxylic acid groups (broad SMARTS) is 1. The number of hydrogen-bond acceptors (Lipinski definition) is 1. The summed E-state index contributed by atoms with van der Waals surface area (Å²) in [6, 6.07) is 0. The second-order valence-corrected chi connectivity index (χ2v) is 2.69. The summed E-state index contributed by atoms with van der Waals surface area (Å²) in [5.41, 5.74) is -5.55. The fourth-order valence-electron chi connectivity index (χ4n) is 1.03. The van der Waals surface area contributed by atoms with Gasteiger partial charge in [0, 0.05) is 0 Å². The largest absolute Gasteiger partial charge is 0.479 e. The Morgan fingerprint density at radius 1 is 0.786 bits per heavy atom. The van der Waals surface area contributed by atoms with Gasteiger partial charge in [-0.05, 0) is 0 Å². The second-order valence-electron chi connectivity index (χ2n) is 2.69. The molecular weight excluding hydrogens is 225 g/mol. The van der Waals surface area contributed by atoms with E-state index in [9.17, 15) is 35.5 Å². The summed E-state index contributed by atoms with van der Waals surface area (Å²) in [5.74, 6) is -21.2. The highest BCUT2D eigenvalue weighted by Crippen LogP contribution is 2.68. The van der Waals surface area contributed by atoms with Crippen molar-refractivity contribution in [1.82, 2.24) is 0 Å². The Balaban J connectivity index is 3.32. The fourth-order valence-corrected chi connectivity index (χ4v) is 1.03. The van der Waals surface area contributed by atoms with Crippen molar-refractivity contribution >= 4 is 5.97 Å². The Morgan fingerprint density at radius 3 is 1.21 bits per heavy atom. The highest BCUT2D eigenvalue weighted by atomic mass is 19.4. The van der Waals surface area contributed by atoms with E-state index in [4.69, 9.17) is 5.11 Å². The van der Waals surface area contributed by atoms with Gasteiger partial charge < -0.3 is 5.11 Å². The van der Waals surface area contributed by atoms with Crippen LogP contribution in [0.4, 0.5) is 30.7 Å². The van der Waals surface area contributed by atoms with E-state index in [1.54, 1.807) is 0 Å². The monoisotopic (exact) mass is 226 g/mol. The maximum atomic E-state index is 12.5. The quantitative estimate of drug-likeness (QED) is 0.691. The third-order valence-corrected chi connectivity index (χ3v) is 1.95. The molecule has 0 unspecified atom stereocenters. The molecule has 0 amide bonds.